The van der Waals surface area contributed by atoms with Crippen molar-refractivity contribution in [2.24, 2.45) is 5.92 Å². The summed E-state index contributed by atoms with van der Waals surface area (Å²) in [7, 11) is 0. The van der Waals surface area contributed by atoms with Crippen molar-refractivity contribution in [3.8, 4) is 0 Å². The Morgan fingerprint density at radius 1 is 1.21 bits per heavy atom. The van der Waals surface area contributed by atoms with Gasteiger partial charge < -0.3 is 9.64 Å². The van der Waals surface area contributed by atoms with E-state index in [-0.39, 0.29) is 12.1 Å². The van der Waals surface area contributed by atoms with Crippen molar-refractivity contribution < 1.29 is 4.74 Å². The lowest BCUT2D eigenvalue weighted by Gasteiger charge is -2.41. The van der Waals surface area contributed by atoms with Gasteiger partial charge in [-0.3, -0.25) is 4.90 Å². The number of rotatable bonds is 6. The molecule has 3 heterocycles. The molecular formula is C21H31ClN6O. The number of halogens is 1. The molecule has 2 unspecified atom stereocenters. The molecule has 2 aliphatic rings. The first-order valence-corrected chi connectivity index (χ1v) is 11.0. The molecule has 4 rings (SSSR count). The number of anilines is 1. The van der Waals surface area contributed by atoms with Gasteiger partial charge in [0.05, 0.1) is 18.7 Å². The fraction of sp³-hybridized carbons (Fsp3) is 0.667. The lowest BCUT2D eigenvalue weighted by atomic mass is 10.00. The molecule has 0 saturated carbocycles. The van der Waals surface area contributed by atoms with E-state index in [9.17, 15) is 0 Å². The second kappa shape index (κ2) is 8.98. The van der Waals surface area contributed by atoms with Crippen LogP contribution in [0.4, 0.5) is 5.69 Å². The highest BCUT2D eigenvalue weighted by Crippen LogP contribution is 2.31. The van der Waals surface area contributed by atoms with Gasteiger partial charge in [-0.25, -0.2) is 4.68 Å². The predicted molar refractivity (Wildman–Crippen MR) is 114 cm³/mol. The minimum Gasteiger partial charge on any atom is -0.376 e. The topological polar surface area (TPSA) is 59.3 Å². The Hall–Kier alpha value is -1.70. The molecule has 158 valence electrons. The Balaban J connectivity index is 1.47. The summed E-state index contributed by atoms with van der Waals surface area (Å²) in [4.78, 5) is 4.96. The standard InChI is InChI=1S/C21H31ClN6O/c1-15(2)20(21-23-24-25-28(21)14-18-5-4-12-29-18)27-10-8-26(9-11-27)19-13-17(22)7-6-16(19)3/h6-7,13,15,18,20H,4-5,8-12,14H2,1-3H3. The van der Waals surface area contributed by atoms with E-state index in [0.29, 0.717) is 5.92 Å². The summed E-state index contributed by atoms with van der Waals surface area (Å²) >= 11 is 6.24. The third kappa shape index (κ3) is 4.57. The lowest BCUT2D eigenvalue weighted by Crippen LogP contribution is -2.49. The number of hydrogen-bond donors (Lipinski definition) is 0. The molecule has 1 aromatic carbocycles. The van der Waals surface area contributed by atoms with E-state index in [0.717, 1.165) is 63.0 Å². The number of ether oxygens (including phenoxy) is 1. The number of aryl methyl sites for hydroxylation is 1. The highest BCUT2D eigenvalue weighted by molar-refractivity contribution is 6.30. The Labute approximate surface area is 178 Å². The first-order valence-electron chi connectivity index (χ1n) is 10.7. The summed E-state index contributed by atoms with van der Waals surface area (Å²) in [6.45, 7) is 12.1. The summed E-state index contributed by atoms with van der Waals surface area (Å²) in [6, 6.07) is 6.34. The molecule has 2 atom stereocenters. The van der Waals surface area contributed by atoms with Gasteiger partial charge in [0.15, 0.2) is 5.82 Å². The third-order valence-electron chi connectivity index (χ3n) is 6.08. The number of hydrogen-bond acceptors (Lipinski definition) is 6. The fourth-order valence-electron chi connectivity index (χ4n) is 4.58. The summed E-state index contributed by atoms with van der Waals surface area (Å²) in [5.41, 5.74) is 2.50. The Morgan fingerprint density at radius 3 is 2.69 bits per heavy atom. The maximum absolute atomic E-state index is 6.24. The average Bonchev–Trinajstić information content (AvgIpc) is 3.37. The zero-order valence-electron chi connectivity index (χ0n) is 17.6. The van der Waals surface area contributed by atoms with Gasteiger partial charge in [0.2, 0.25) is 0 Å². The van der Waals surface area contributed by atoms with E-state index < -0.39 is 0 Å². The fourth-order valence-corrected chi connectivity index (χ4v) is 4.75. The minimum atomic E-state index is 0.203. The number of benzene rings is 1. The van der Waals surface area contributed by atoms with Crippen molar-refractivity contribution >= 4 is 17.3 Å². The largest absolute Gasteiger partial charge is 0.376 e. The summed E-state index contributed by atoms with van der Waals surface area (Å²) in [6.07, 6.45) is 2.44. The molecule has 7 nitrogen and oxygen atoms in total. The van der Waals surface area contributed by atoms with E-state index in [1.54, 1.807) is 0 Å². The van der Waals surface area contributed by atoms with E-state index in [1.165, 1.54) is 11.3 Å². The highest BCUT2D eigenvalue weighted by atomic mass is 35.5. The van der Waals surface area contributed by atoms with Crippen LogP contribution in [0.25, 0.3) is 0 Å². The number of nitrogens with zero attached hydrogens (tertiary/aromatic N) is 6. The highest BCUT2D eigenvalue weighted by Gasteiger charge is 2.32. The van der Waals surface area contributed by atoms with E-state index in [1.807, 2.05) is 10.7 Å². The number of tetrazole rings is 1. The predicted octanol–water partition coefficient (Wildman–Crippen LogP) is 3.33. The molecule has 0 aliphatic carbocycles. The Bertz CT molecular complexity index is 811. The third-order valence-corrected chi connectivity index (χ3v) is 6.31. The van der Waals surface area contributed by atoms with E-state index in [2.05, 4.69) is 58.2 Å². The van der Waals surface area contributed by atoms with Gasteiger partial charge in [-0.15, -0.1) is 5.10 Å². The first-order chi connectivity index (χ1) is 14.0. The molecule has 0 bridgehead atoms. The van der Waals surface area contributed by atoms with Crippen molar-refractivity contribution in [1.82, 2.24) is 25.1 Å². The van der Waals surface area contributed by atoms with Crippen molar-refractivity contribution in [3.63, 3.8) is 0 Å². The normalized spacial score (nSPS) is 21.8. The SMILES string of the molecule is Cc1ccc(Cl)cc1N1CCN(C(c2nnnn2CC2CCCO2)C(C)C)CC1. The quantitative estimate of drug-likeness (QED) is 0.717. The van der Waals surface area contributed by atoms with Crippen LogP contribution in [0.2, 0.25) is 5.02 Å². The van der Waals surface area contributed by atoms with Gasteiger partial charge >= 0.3 is 0 Å². The van der Waals surface area contributed by atoms with Crippen molar-refractivity contribution in [1.29, 1.82) is 0 Å². The molecular weight excluding hydrogens is 388 g/mol. The van der Waals surface area contributed by atoms with Gasteiger partial charge in [0, 0.05) is 43.5 Å². The van der Waals surface area contributed by atoms with Gasteiger partial charge in [0.25, 0.3) is 0 Å². The zero-order chi connectivity index (χ0) is 20.4. The zero-order valence-corrected chi connectivity index (χ0v) is 18.3. The number of aromatic nitrogens is 4. The smallest absolute Gasteiger partial charge is 0.168 e. The minimum absolute atomic E-state index is 0.203. The van der Waals surface area contributed by atoms with E-state index >= 15 is 0 Å². The van der Waals surface area contributed by atoms with Crippen LogP contribution in [0.1, 0.15) is 44.1 Å². The van der Waals surface area contributed by atoms with Crippen LogP contribution in [0.15, 0.2) is 18.2 Å². The molecule has 0 radical (unpaired) electrons. The molecule has 29 heavy (non-hydrogen) atoms. The summed E-state index contributed by atoms with van der Waals surface area (Å²) < 4.78 is 7.77. The van der Waals surface area contributed by atoms with Gasteiger partial charge in [-0.1, -0.05) is 31.5 Å². The second-order valence-corrected chi connectivity index (χ2v) is 8.93. The van der Waals surface area contributed by atoms with Crippen LogP contribution in [0.3, 0.4) is 0 Å². The van der Waals surface area contributed by atoms with Gasteiger partial charge in [-0.05, 0) is 53.8 Å². The summed E-state index contributed by atoms with van der Waals surface area (Å²) in [5.74, 6) is 1.38. The van der Waals surface area contributed by atoms with Crippen LogP contribution in [-0.4, -0.2) is 64.0 Å². The molecule has 2 aliphatic heterocycles. The molecule has 2 aromatic rings. The van der Waals surface area contributed by atoms with E-state index in [4.69, 9.17) is 16.3 Å². The Kier molecular flexibility index (Phi) is 6.37. The van der Waals surface area contributed by atoms with Crippen LogP contribution in [-0.2, 0) is 11.3 Å². The maximum atomic E-state index is 6.24. The monoisotopic (exact) mass is 418 g/mol. The molecule has 0 spiro atoms. The molecule has 0 N–H and O–H groups in total. The first kappa shape index (κ1) is 20.6. The Morgan fingerprint density at radius 2 is 2.00 bits per heavy atom. The van der Waals surface area contributed by atoms with Crippen LogP contribution in [0, 0.1) is 12.8 Å². The molecule has 0 amide bonds. The second-order valence-electron chi connectivity index (χ2n) is 8.50. The van der Waals surface area contributed by atoms with Crippen LogP contribution >= 0.6 is 11.6 Å². The van der Waals surface area contributed by atoms with Crippen molar-refractivity contribution in [2.45, 2.75) is 52.3 Å². The molecule has 1 aromatic heterocycles. The van der Waals surface area contributed by atoms with Crippen molar-refractivity contribution in [3.05, 3.63) is 34.6 Å². The molecule has 2 fully saturated rings. The van der Waals surface area contributed by atoms with Gasteiger partial charge in [-0.2, -0.15) is 0 Å². The lowest BCUT2D eigenvalue weighted by molar-refractivity contribution is 0.0865. The molecule has 8 heteroatoms. The van der Waals surface area contributed by atoms with Crippen molar-refractivity contribution in [2.75, 3.05) is 37.7 Å². The van der Waals surface area contributed by atoms with Crippen LogP contribution in [0.5, 0.6) is 0 Å². The average molecular weight is 419 g/mol. The number of piperazine rings is 1. The van der Waals surface area contributed by atoms with Gasteiger partial charge in [0.1, 0.15) is 0 Å². The maximum Gasteiger partial charge on any atom is 0.168 e. The summed E-state index contributed by atoms with van der Waals surface area (Å²) in [5, 5.41) is 13.5. The molecule has 2 saturated heterocycles. The van der Waals surface area contributed by atoms with Crippen LogP contribution < -0.4 is 4.90 Å².